The second-order valence-corrected chi connectivity index (χ2v) is 16.3. The van der Waals surface area contributed by atoms with Crippen molar-refractivity contribution >= 4 is 88.7 Å². The van der Waals surface area contributed by atoms with Crippen molar-refractivity contribution in [2.24, 2.45) is 0 Å². The first-order chi connectivity index (χ1) is 29.3. The Balaban J connectivity index is 1.19. The first-order valence-corrected chi connectivity index (χ1v) is 20.9. The number of benzene rings is 9. The Bertz CT molecular complexity index is 3170. The largest absolute Gasteiger partial charge is 0.458 e. The number of para-hydroxylation sites is 2. The number of hydrogen-bond donors (Lipinski definition) is 0. The highest BCUT2D eigenvalue weighted by Crippen LogP contribution is 2.48. The van der Waals surface area contributed by atoms with Crippen molar-refractivity contribution in [2.75, 3.05) is 9.80 Å². The molecule has 0 N–H and O–H groups in total. The lowest BCUT2D eigenvalue weighted by Gasteiger charge is -2.42. The minimum Gasteiger partial charge on any atom is -0.458 e. The molecule has 1 aromatic heterocycles. The van der Waals surface area contributed by atoms with E-state index in [-0.39, 0.29) is 6.71 Å². The predicted octanol–water partition coefficient (Wildman–Crippen LogP) is 13.3. The van der Waals surface area contributed by atoms with Gasteiger partial charge in [-0.25, -0.2) is 0 Å². The molecule has 12 rings (SSSR count). The van der Waals surface area contributed by atoms with Gasteiger partial charge in [0, 0.05) is 54.7 Å². The molecule has 0 spiro atoms. The summed E-state index contributed by atoms with van der Waals surface area (Å²) in [7, 11) is 0. The lowest BCUT2D eigenvalue weighted by atomic mass is 9.32. The molecule has 0 aliphatic carbocycles. The van der Waals surface area contributed by atoms with Crippen LogP contribution in [-0.2, 0) is 0 Å². The van der Waals surface area contributed by atoms with E-state index in [1.807, 2.05) is 11.3 Å². The van der Waals surface area contributed by atoms with E-state index in [0.29, 0.717) is 0 Å². The van der Waals surface area contributed by atoms with Gasteiger partial charge in [0.25, 0.3) is 6.71 Å². The van der Waals surface area contributed by atoms with Gasteiger partial charge in [0.2, 0.25) is 0 Å². The zero-order valence-corrected chi connectivity index (χ0v) is 32.8. The summed E-state index contributed by atoms with van der Waals surface area (Å²) in [5.74, 6) is 1.74. The minimum absolute atomic E-state index is 0.119. The summed E-state index contributed by atoms with van der Waals surface area (Å²) in [5, 5.41) is 2.58. The van der Waals surface area contributed by atoms with Gasteiger partial charge >= 0.3 is 0 Å². The standard InChI is InChI=1S/C54H35BN2OS/c1-5-17-36(18-6-1)42-26-15-28-46-52(42)55-53-43(37-19-7-2-8-20-37)27-16-29-48(53)58-49-34-41(56(38-21-9-3-10-22-38)39-23-11-4-12-24-39)33-47(54(49)55)57(46)40-31-32-45-44-25-13-14-30-50(44)59-51(45)35-40/h1-35H. The molecular formula is C54H35BN2OS. The van der Waals surface area contributed by atoms with E-state index >= 15 is 0 Å². The first-order valence-electron chi connectivity index (χ1n) is 20.1. The van der Waals surface area contributed by atoms with Crippen molar-refractivity contribution in [3.8, 4) is 33.8 Å². The Morgan fingerprint density at radius 2 is 1.00 bits per heavy atom. The van der Waals surface area contributed by atoms with Gasteiger partial charge in [-0.3, -0.25) is 0 Å². The van der Waals surface area contributed by atoms with Crippen LogP contribution < -0.4 is 30.9 Å². The quantitative estimate of drug-likeness (QED) is 0.157. The van der Waals surface area contributed by atoms with Crippen molar-refractivity contribution in [1.29, 1.82) is 0 Å². The first kappa shape index (κ1) is 33.8. The molecule has 10 aromatic rings. The molecule has 0 amide bonds. The summed E-state index contributed by atoms with van der Waals surface area (Å²) in [6.07, 6.45) is 0. The van der Waals surface area contributed by atoms with E-state index in [1.165, 1.54) is 53.4 Å². The van der Waals surface area contributed by atoms with Gasteiger partial charge in [-0.2, -0.15) is 0 Å². The molecule has 0 fully saturated rings. The molecule has 0 radical (unpaired) electrons. The zero-order chi connectivity index (χ0) is 38.9. The van der Waals surface area contributed by atoms with E-state index in [4.69, 9.17) is 4.74 Å². The molecule has 2 aliphatic heterocycles. The maximum atomic E-state index is 7.25. The lowest BCUT2D eigenvalue weighted by molar-refractivity contribution is 0.488. The Morgan fingerprint density at radius 1 is 0.407 bits per heavy atom. The molecule has 2 aliphatic rings. The fourth-order valence-corrected chi connectivity index (χ4v) is 10.6. The van der Waals surface area contributed by atoms with E-state index in [1.54, 1.807) is 0 Å². The normalized spacial score (nSPS) is 12.5. The average molecular weight is 771 g/mol. The van der Waals surface area contributed by atoms with Gasteiger partial charge in [-0.05, 0) is 99.3 Å². The molecule has 3 nitrogen and oxygen atoms in total. The molecule has 276 valence electrons. The maximum absolute atomic E-state index is 7.25. The fraction of sp³-hybridized carbons (Fsp3) is 0. The Kier molecular flexibility index (Phi) is 7.82. The molecule has 0 saturated heterocycles. The minimum atomic E-state index is -0.119. The molecule has 3 heterocycles. The summed E-state index contributed by atoms with van der Waals surface area (Å²) in [6, 6.07) is 76.7. The molecule has 0 bridgehead atoms. The van der Waals surface area contributed by atoms with Crippen LogP contribution in [0.25, 0.3) is 42.4 Å². The average Bonchev–Trinajstić information content (AvgIpc) is 3.68. The molecule has 5 heteroatoms. The van der Waals surface area contributed by atoms with E-state index in [9.17, 15) is 0 Å². The highest BCUT2D eigenvalue weighted by molar-refractivity contribution is 7.25. The van der Waals surface area contributed by atoms with E-state index in [2.05, 4.69) is 222 Å². The van der Waals surface area contributed by atoms with Crippen LogP contribution in [0.3, 0.4) is 0 Å². The van der Waals surface area contributed by atoms with Gasteiger partial charge in [-0.15, -0.1) is 11.3 Å². The van der Waals surface area contributed by atoms with Crippen LogP contribution in [-0.4, -0.2) is 6.71 Å². The van der Waals surface area contributed by atoms with Crippen LogP contribution in [0.1, 0.15) is 0 Å². The Hall–Kier alpha value is -7.34. The van der Waals surface area contributed by atoms with Crippen LogP contribution in [0.2, 0.25) is 0 Å². The molecule has 59 heavy (non-hydrogen) atoms. The van der Waals surface area contributed by atoms with Crippen LogP contribution in [0, 0.1) is 0 Å². The van der Waals surface area contributed by atoms with Gasteiger partial charge in [0.05, 0.1) is 5.69 Å². The van der Waals surface area contributed by atoms with Crippen molar-refractivity contribution in [3.05, 3.63) is 212 Å². The molecule has 9 aromatic carbocycles. The number of fused-ring (bicyclic) bond motifs is 7. The second kappa shape index (κ2) is 13.7. The van der Waals surface area contributed by atoms with Gasteiger partial charge in [0.1, 0.15) is 11.5 Å². The van der Waals surface area contributed by atoms with Crippen molar-refractivity contribution in [1.82, 2.24) is 0 Å². The Labute approximate surface area is 347 Å². The predicted molar refractivity (Wildman–Crippen MR) is 251 cm³/mol. The number of thiophene rings is 1. The second-order valence-electron chi connectivity index (χ2n) is 15.2. The van der Waals surface area contributed by atoms with Crippen LogP contribution >= 0.6 is 11.3 Å². The molecule has 0 saturated carbocycles. The highest BCUT2D eigenvalue weighted by atomic mass is 32.1. The van der Waals surface area contributed by atoms with Crippen molar-refractivity contribution < 1.29 is 4.74 Å². The summed E-state index contributed by atoms with van der Waals surface area (Å²) in [4.78, 5) is 4.84. The van der Waals surface area contributed by atoms with Crippen LogP contribution in [0.15, 0.2) is 212 Å². The Morgan fingerprint density at radius 3 is 1.69 bits per heavy atom. The van der Waals surface area contributed by atoms with Crippen molar-refractivity contribution in [2.45, 2.75) is 0 Å². The summed E-state index contributed by atoms with van der Waals surface area (Å²) >= 11 is 1.86. The van der Waals surface area contributed by atoms with E-state index < -0.39 is 0 Å². The molecular weight excluding hydrogens is 735 g/mol. The third-order valence-electron chi connectivity index (χ3n) is 11.9. The SMILES string of the molecule is c1ccc(-c2cccc3c2B2c4c(cc(N(c5ccccc5)c5ccccc5)cc4N(c4ccc5c(c4)sc4ccccc45)c4cccc(-c5ccccc5)c42)O3)cc1. The summed E-state index contributed by atoms with van der Waals surface area (Å²) in [5.41, 5.74) is 14.9. The summed E-state index contributed by atoms with van der Waals surface area (Å²) < 4.78 is 9.81. The van der Waals surface area contributed by atoms with Gasteiger partial charge in [-0.1, -0.05) is 146 Å². The van der Waals surface area contributed by atoms with Crippen molar-refractivity contribution in [3.63, 3.8) is 0 Å². The number of nitrogens with zero attached hydrogens (tertiary/aromatic N) is 2. The number of ether oxygens (including phenoxy) is 1. The van der Waals surface area contributed by atoms with Gasteiger partial charge in [0.15, 0.2) is 0 Å². The lowest BCUT2D eigenvalue weighted by Crippen LogP contribution is -2.60. The molecule has 0 unspecified atom stereocenters. The topological polar surface area (TPSA) is 15.7 Å². The third-order valence-corrected chi connectivity index (χ3v) is 13.0. The van der Waals surface area contributed by atoms with Gasteiger partial charge < -0.3 is 14.5 Å². The third kappa shape index (κ3) is 5.43. The summed E-state index contributed by atoms with van der Waals surface area (Å²) in [6.45, 7) is -0.119. The number of rotatable bonds is 6. The van der Waals surface area contributed by atoms with Crippen LogP contribution in [0.4, 0.5) is 34.1 Å². The highest BCUT2D eigenvalue weighted by Gasteiger charge is 2.45. The monoisotopic (exact) mass is 770 g/mol. The smallest absolute Gasteiger partial charge is 0.258 e. The maximum Gasteiger partial charge on any atom is 0.258 e. The zero-order valence-electron chi connectivity index (χ0n) is 32.0. The number of hydrogen-bond acceptors (Lipinski definition) is 4. The number of anilines is 6. The van der Waals surface area contributed by atoms with Crippen LogP contribution in [0.5, 0.6) is 11.5 Å². The van der Waals surface area contributed by atoms with E-state index in [0.717, 1.165) is 51.1 Å². The fourth-order valence-electron chi connectivity index (χ4n) is 9.42. The molecule has 0 atom stereocenters.